The molecule has 0 aromatic heterocycles. The highest BCUT2D eigenvalue weighted by Gasteiger charge is 2.11. The average molecular weight is 280 g/mol. The lowest BCUT2D eigenvalue weighted by molar-refractivity contribution is -0.120. The average Bonchev–Trinajstić information content (AvgIpc) is 2.35. The first-order valence-corrected chi connectivity index (χ1v) is 6.63. The van der Waals surface area contributed by atoms with Crippen molar-refractivity contribution in [1.82, 2.24) is 0 Å². The summed E-state index contributed by atoms with van der Waals surface area (Å²) in [6, 6.07) is 5.08. The van der Waals surface area contributed by atoms with Gasteiger partial charge in [0.05, 0.1) is 12.8 Å². The van der Waals surface area contributed by atoms with Gasteiger partial charge in [-0.15, -0.1) is 0 Å². The summed E-state index contributed by atoms with van der Waals surface area (Å²) in [7, 11) is 1.53. The molecule has 5 nitrogen and oxygen atoms in total. The second-order valence-electron chi connectivity index (χ2n) is 5.87. The summed E-state index contributed by atoms with van der Waals surface area (Å²) in [5, 5.41) is 2.74. The van der Waals surface area contributed by atoms with Crippen molar-refractivity contribution in [2.24, 2.45) is 5.41 Å². The van der Waals surface area contributed by atoms with E-state index >= 15 is 0 Å². The van der Waals surface area contributed by atoms with Crippen LogP contribution < -0.4 is 15.8 Å². The number of amides is 1. The summed E-state index contributed by atoms with van der Waals surface area (Å²) >= 11 is 0. The van der Waals surface area contributed by atoms with E-state index in [0.29, 0.717) is 23.7 Å². The number of benzene rings is 1. The summed E-state index contributed by atoms with van der Waals surface area (Å²) in [5.41, 5.74) is 7.03. The predicted octanol–water partition coefficient (Wildman–Crippen LogP) is 2.67. The minimum Gasteiger partial charge on any atom is -0.494 e. The number of hydrogen-bond donors (Lipinski definition) is 2. The number of nitrogens with one attached hydrogen (secondary N) is 1. The molecule has 3 N–H and O–H groups in total. The number of carbonyl (C=O) groups is 1. The van der Waals surface area contributed by atoms with E-state index in [4.69, 9.17) is 15.2 Å². The molecule has 1 amide bonds. The molecular formula is C15H24N2O3. The molecule has 0 heterocycles. The monoisotopic (exact) mass is 280 g/mol. The zero-order valence-electron chi connectivity index (χ0n) is 12.7. The maximum absolute atomic E-state index is 11.8. The van der Waals surface area contributed by atoms with Crippen LogP contribution in [0.3, 0.4) is 0 Å². The quantitative estimate of drug-likeness (QED) is 0.620. The van der Waals surface area contributed by atoms with Crippen molar-refractivity contribution in [1.29, 1.82) is 0 Å². The molecule has 1 aromatic rings. The molecule has 0 fully saturated rings. The van der Waals surface area contributed by atoms with Crippen LogP contribution in [0.2, 0.25) is 0 Å². The summed E-state index contributed by atoms with van der Waals surface area (Å²) < 4.78 is 10.5. The first-order chi connectivity index (χ1) is 9.31. The van der Waals surface area contributed by atoms with Crippen LogP contribution in [0.15, 0.2) is 18.2 Å². The van der Waals surface area contributed by atoms with Gasteiger partial charge in [-0.3, -0.25) is 4.79 Å². The largest absolute Gasteiger partial charge is 0.494 e. The van der Waals surface area contributed by atoms with Crippen LogP contribution in [0, 0.1) is 5.41 Å². The Labute approximate surface area is 120 Å². The molecule has 0 aliphatic heterocycles. The zero-order valence-corrected chi connectivity index (χ0v) is 12.7. The summed E-state index contributed by atoms with van der Waals surface area (Å²) in [5.74, 6) is 0.329. The van der Waals surface area contributed by atoms with Crippen molar-refractivity contribution in [2.75, 3.05) is 31.4 Å². The third-order valence-electron chi connectivity index (χ3n) is 2.73. The molecule has 1 rings (SSSR count). The number of nitrogens with two attached hydrogens (primary N) is 1. The lowest BCUT2D eigenvalue weighted by atomic mass is 9.93. The molecule has 0 atom stereocenters. The van der Waals surface area contributed by atoms with E-state index in [9.17, 15) is 4.79 Å². The zero-order chi connectivity index (χ0) is 15.2. The van der Waals surface area contributed by atoms with E-state index in [1.807, 2.05) is 0 Å². The normalized spacial score (nSPS) is 11.2. The number of methoxy groups -OCH3 is 1. The van der Waals surface area contributed by atoms with Gasteiger partial charge in [-0.25, -0.2) is 0 Å². The highest BCUT2D eigenvalue weighted by Crippen LogP contribution is 2.26. The number of carbonyl (C=O) groups excluding carboxylic acids is 1. The van der Waals surface area contributed by atoms with Gasteiger partial charge in [-0.2, -0.15) is 0 Å². The molecule has 112 valence electrons. The molecule has 0 aliphatic rings. The second kappa shape index (κ2) is 7.14. The summed E-state index contributed by atoms with van der Waals surface area (Å²) in [6.45, 7) is 7.00. The SMILES string of the molecule is COc1cc(N)ccc1NC(=O)COCCC(C)(C)C. The van der Waals surface area contributed by atoms with Gasteiger partial charge in [0.25, 0.3) is 0 Å². The predicted molar refractivity (Wildman–Crippen MR) is 80.9 cm³/mol. The molecule has 0 spiro atoms. The molecular weight excluding hydrogens is 256 g/mol. The van der Waals surface area contributed by atoms with E-state index in [0.717, 1.165) is 6.42 Å². The van der Waals surface area contributed by atoms with Crippen molar-refractivity contribution >= 4 is 17.3 Å². The van der Waals surface area contributed by atoms with Crippen LogP contribution in [-0.2, 0) is 9.53 Å². The Morgan fingerprint density at radius 1 is 1.35 bits per heavy atom. The topological polar surface area (TPSA) is 73.6 Å². The molecule has 0 radical (unpaired) electrons. The fourth-order valence-corrected chi connectivity index (χ4v) is 1.54. The van der Waals surface area contributed by atoms with Crippen molar-refractivity contribution < 1.29 is 14.3 Å². The molecule has 0 unspecified atom stereocenters. The van der Waals surface area contributed by atoms with Gasteiger partial charge in [0.2, 0.25) is 5.91 Å². The maximum Gasteiger partial charge on any atom is 0.250 e. The van der Waals surface area contributed by atoms with Crippen LogP contribution in [0.4, 0.5) is 11.4 Å². The van der Waals surface area contributed by atoms with Gasteiger partial charge >= 0.3 is 0 Å². The van der Waals surface area contributed by atoms with Crippen LogP contribution in [0.5, 0.6) is 5.75 Å². The third-order valence-corrected chi connectivity index (χ3v) is 2.73. The van der Waals surface area contributed by atoms with E-state index in [1.54, 1.807) is 18.2 Å². The molecule has 0 saturated heterocycles. The first-order valence-electron chi connectivity index (χ1n) is 6.63. The van der Waals surface area contributed by atoms with E-state index < -0.39 is 0 Å². The Hall–Kier alpha value is -1.75. The van der Waals surface area contributed by atoms with Crippen LogP contribution in [0.25, 0.3) is 0 Å². The second-order valence-corrected chi connectivity index (χ2v) is 5.87. The van der Waals surface area contributed by atoms with Crippen molar-refractivity contribution in [2.45, 2.75) is 27.2 Å². The number of hydrogen-bond acceptors (Lipinski definition) is 4. The number of ether oxygens (including phenoxy) is 2. The maximum atomic E-state index is 11.8. The third kappa shape index (κ3) is 5.93. The van der Waals surface area contributed by atoms with Crippen molar-refractivity contribution in [3.63, 3.8) is 0 Å². The van der Waals surface area contributed by atoms with E-state index in [1.165, 1.54) is 7.11 Å². The molecule has 20 heavy (non-hydrogen) atoms. The first kappa shape index (κ1) is 16.3. The molecule has 5 heteroatoms. The molecule has 0 saturated carbocycles. The minimum atomic E-state index is -0.206. The Kier molecular flexibility index (Phi) is 5.82. The molecule has 0 aliphatic carbocycles. The standard InChI is InChI=1S/C15H24N2O3/c1-15(2,3)7-8-20-10-14(18)17-12-6-5-11(16)9-13(12)19-4/h5-6,9H,7-8,10,16H2,1-4H3,(H,17,18). The number of rotatable bonds is 6. The van der Waals surface area contributed by atoms with Crippen LogP contribution in [-0.4, -0.2) is 26.2 Å². The minimum absolute atomic E-state index is 0.0314. The van der Waals surface area contributed by atoms with Gasteiger partial charge in [0, 0.05) is 18.4 Å². The lowest BCUT2D eigenvalue weighted by Crippen LogP contribution is -2.20. The highest BCUT2D eigenvalue weighted by atomic mass is 16.5. The molecule has 0 bridgehead atoms. The fraction of sp³-hybridized carbons (Fsp3) is 0.533. The van der Waals surface area contributed by atoms with Gasteiger partial charge < -0.3 is 20.5 Å². The van der Waals surface area contributed by atoms with Gasteiger partial charge in [0.1, 0.15) is 12.4 Å². The summed E-state index contributed by atoms with van der Waals surface area (Å²) in [4.78, 5) is 11.8. The van der Waals surface area contributed by atoms with Crippen LogP contribution in [0.1, 0.15) is 27.2 Å². The van der Waals surface area contributed by atoms with Crippen LogP contribution >= 0.6 is 0 Å². The van der Waals surface area contributed by atoms with Gasteiger partial charge in [-0.1, -0.05) is 20.8 Å². The Bertz CT molecular complexity index is 453. The number of nitrogen functional groups attached to an aromatic ring is 1. The lowest BCUT2D eigenvalue weighted by Gasteiger charge is -2.17. The van der Waals surface area contributed by atoms with E-state index in [2.05, 4.69) is 26.1 Å². The summed E-state index contributed by atoms with van der Waals surface area (Å²) in [6.07, 6.45) is 0.908. The fourth-order valence-electron chi connectivity index (χ4n) is 1.54. The van der Waals surface area contributed by atoms with Crippen molar-refractivity contribution in [3.8, 4) is 5.75 Å². The Morgan fingerprint density at radius 3 is 2.65 bits per heavy atom. The smallest absolute Gasteiger partial charge is 0.250 e. The Morgan fingerprint density at radius 2 is 2.05 bits per heavy atom. The van der Waals surface area contributed by atoms with Crippen molar-refractivity contribution in [3.05, 3.63) is 18.2 Å². The molecule has 1 aromatic carbocycles. The van der Waals surface area contributed by atoms with Gasteiger partial charge in [-0.05, 0) is 24.0 Å². The van der Waals surface area contributed by atoms with Gasteiger partial charge in [0.15, 0.2) is 0 Å². The van der Waals surface area contributed by atoms with E-state index in [-0.39, 0.29) is 17.9 Å². The highest BCUT2D eigenvalue weighted by molar-refractivity contribution is 5.93. The Balaban J connectivity index is 2.43. The number of anilines is 2.